The largest absolute Gasteiger partial charge is 0.477 e. The van der Waals surface area contributed by atoms with Gasteiger partial charge in [-0.1, -0.05) is 6.92 Å². The molecule has 38 heavy (non-hydrogen) atoms. The first-order valence-electron chi connectivity index (χ1n) is 11.8. The first-order valence-corrected chi connectivity index (χ1v) is 12.6. The van der Waals surface area contributed by atoms with E-state index in [4.69, 9.17) is 0 Å². The summed E-state index contributed by atoms with van der Waals surface area (Å²) in [7, 11) is 3.31. The van der Waals surface area contributed by atoms with Gasteiger partial charge in [-0.2, -0.15) is 13.2 Å². The quantitative estimate of drug-likeness (QED) is 0.354. The minimum atomic E-state index is -4.85. The number of carboxylic acids is 1. The number of aliphatic carboxylic acids is 1. The van der Waals surface area contributed by atoms with E-state index >= 15 is 0 Å². The molecule has 1 aromatic heterocycles. The number of carboxylic acid groups (broad SMARTS) is 1. The lowest BCUT2D eigenvalue weighted by molar-refractivity contribution is -0.158. The SMILES string of the molecule is C[C@@H](NC(=O)Cn1nnnc1C(F)(F)F)[C@H]1C(=O)N2C(C(=O)O)=C(S[C@@H]3CNC(C(=O)N(C)C)C3)[C@H](C)[C@H]12. The molecule has 6 atom stereocenters. The molecule has 0 aliphatic carbocycles. The van der Waals surface area contributed by atoms with E-state index in [1.165, 1.54) is 21.6 Å². The smallest absolute Gasteiger partial charge is 0.453 e. The lowest BCUT2D eigenvalue weighted by atomic mass is 9.78. The second-order valence-corrected chi connectivity index (χ2v) is 11.1. The van der Waals surface area contributed by atoms with Gasteiger partial charge < -0.3 is 25.5 Å². The molecule has 17 heteroatoms. The van der Waals surface area contributed by atoms with Gasteiger partial charge in [0.25, 0.3) is 5.82 Å². The van der Waals surface area contributed by atoms with Crippen molar-refractivity contribution in [1.29, 1.82) is 0 Å². The van der Waals surface area contributed by atoms with Crippen LogP contribution in [0.2, 0.25) is 0 Å². The van der Waals surface area contributed by atoms with Gasteiger partial charge in [0.1, 0.15) is 12.2 Å². The molecule has 13 nitrogen and oxygen atoms in total. The van der Waals surface area contributed by atoms with Gasteiger partial charge in [-0.15, -0.1) is 16.9 Å². The summed E-state index contributed by atoms with van der Waals surface area (Å²) in [6, 6.07) is -1.72. The van der Waals surface area contributed by atoms with Crippen LogP contribution < -0.4 is 10.6 Å². The number of amides is 3. The molecule has 4 rings (SSSR count). The maximum atomic E-state index is 13.0. The first-order chi connectivity index (χ1) is 17.7. The summed E-state index contributed by atoms with van der Waals surface area (Å²) in [4.78, 5) is 53.2. The third-order valence-electron chi connectivity index (χ3n) is 6.92. The molecule has 3 amide bonds. The molecule has 2 fully saturated rings. The molecule has 3 aliphatic heterocycles. The molecule has 1 unspecified atom stereocenters. The van der Waals surface area contributed by atoms with Crippen molar-refractivity contribution in [1.82, 2.24) is 40.6 Å². The fourth-order valence-electron chi connectivity index (χ4n) is 5.21. The topological polar surface area (TPSA) is 163 Å². The number of carbonyl (C=O) groups is 4. The van der Waals surface area contributed by atoms with Gasteiger partial charge >= 0.3 is 12.1 Å². The van der Waals surface area contributed by atoms with Gasteiger partial charge in [0.15, 0.2) is 0 Å². The van der Waals surface area contributed by atoms with Gasteiger partial charge in [-0.25, -0.2) is 9.48 Å². The van der Waals surface area contributed by atoms with Crippen LogP contribution in [0.4, 0.5) is 13.2 Å². The molecule has 208 valence electrons. The summed E-state index contributed by atoms with van der Waals surface area (Å²) < 4.78 is 39.3. The number of thioether (sulfide) groups is 1. The number of carbonyl (C=O) groups excluding carboxylic acids is 3. The summed E-state index contributed by atoms with van der Waals surface area (Å²) in [6.07, 6.45) is -4.35. The number of tetrazole rings is 1. The number of alkyl halides is 3. The average molecular weight is 561 g/mol. The molecular weight excluding hydrogens is 533 g/mol. The lowest BCUT2D eigenvalue weighted by Gasteiger charge is -2.47. The van der Waals surface area contributed by atoms with Crippen LogP contribution in [0.5, 0.6) is 0 Å². The number of nitrogens with one attached hydrogen (secondary N) is 2. The van der Waals surface area contributed by atoms with E-state index in [1.807, 2.05) is 0 Å². The number of nitrogens with zero attached hydrogens (tertiary/aromatic N) is 6. The number of halogens is 3. The van der Waals surface area contributed by atoms with Crippen molar-refractivity contribution in [3.8, 4) is 0 Å². The van der Waals surface area contributed by atoms with E-state index in [-0.39, 0.29) is 28.8 Å². The number of hydrogen-bond acceptors (Lipinski definition) is 9. The zero-order valence-corrected chi connectivity index (χ0v) is 21.7. The van der Waals surface area contributed by atoms with E-state index in [2.05, 4.69) is 26.2 Å². The highest BCUT2D eigenvalue weighted by Gasteiger charge is 2.60. The standard InChI is InChI=1S/C21H27F3N8O5S/c1-8-14-13(9(2)26-12(33)7-31-20(21(22,23)24)27-28-29-31)18(35)32(14)15(19(36)37)16(8)38-10-5-11(25-6-10)17(34)30(3)4/h8-11,13-14,25H,5-7H2,1-4H3,(H,26,33)(H,36,37)/t8-,9-,10+,11?,13-,14-/m1/s1. The fourth-order valence-corrected chi connectivity index (χ4v) is 6.69. The summed E-state index contributed by atoms with van der Waals surface area (Å²) in [5.74, 6) is -5.23. The number of fused-ring (bicyclic) bond motifs is 1. The molecule has 0 saturated carbocycles. The number of β-lactam (4-membered cyclic amide) rings is 1. The minimum absolute atomic E-state index is 0.0762. The lowest BCUT2D eigenvalue weighted by Crippen LogP contribution is -2.66. The predicted molar refractivity (Wildman–Crippen MR) is 125 cm³/mol. The highest BCUT2D eigenvalue weighted by atomic mass is 32.2. The molecule has 3 N–H and O–H groups in total. The molecule has 0 aromatic carbocycles. The molecule has 3 aliphatic rings. The summed E-state index contributed by atoms with van der Waals surface area (Å²) in [5.41, 5.74) is -0.113. The number of hydrogen-bond donors (Lipinski definition) is 3. The maximum absolute atomic E-state index is 13.0. The van der Waals surface area contributed by atoms with Crippen molar-refractivity contribution >= 4 is 35.5 Å². The van der Waals surface area contributed by atoms with Crippen molar-refractivity contribution in [3.63, 3.8) is 0 Å². The third kappa shape index (κ3) is 4.95. The van der Waals surface area contributed by atoms with Crippen LogP contribution in [0, 0.1) is 11.8 Å². The Morgan fingerprint density at radius 1 is 1.32 bits per heavy atom. The van der Waals surface area contributed by atoms with Gasteiger partial charge in [0.2, 0.25) is 17.7 Å². The van der Waals surface area contributed by atoms with Gasteiger partial charge in [-0.3, -0.25) is 14.4 Å². The third-order valence-corrected chi connectivity index (χ3v) is 8.43. The Morgan fingerprint density at radius 3 is 2.61 bits per heavy atom. The first kappa shape index (κ1) is 27.8. The second kappa shape index (κ2) is 10.2. The fraction of sp³-hybridized carbons (Fsp3) is 0.667. The second-order valence-electron chi connectivity index (χ2n) is 9.71. The molecular formula is C21H27F3N8O5S. The van der Waals surface area contributed by atoms with E-state index in [1.54, 1.807) is 27.9 Å². The molecule has 0 spiro atoms. The Hall–Kier alpha value is -3.21. The van der Waals surface area contributed by atoms with E-state index < -0.39 is 54.3 Å². The Morgan fingerprint density at radius 2 is 2.00 bits per heavy atom. The van der Waals surface area contributed by atoms with Crippen molar-refractivity contribution in [2.24, 2.45) is 11.8 Å². The Bertz CT molecular complexity index is 1190. The van der Waals surface area contributed by atoms with Crippen molar-refractivity contribution in [2.45, 2.75) is 56.4 Å². The van der Waals surface area contributed by atoms with E-state index in [0.29, 0.717) is 22.6 Å². The Balaban J connectivity index is 1.43. The number of rotatable bonds is 8. The predicted octanol–water partition coefficient (Wildman–Crippen LogP) is -0.479. The summed E-state index contributed by atoms with van der Waals surface area (Å²) in [5, 5.41) is 24.6. The monoisotopic (exact) mass is 560 g/mol. The van der Waals surface area contributed by atoms with Crippen LogP contribution >= 0.6 is 11.8 Å². The molecule has 2 saturated heterocycles. The van der Waals surface area contributed by atoms with Crippen LogP contribution in [0.1, 0.15) is 26.1 Å². The minimum Gasteiger partial charge on any atom is -0.477 e. The highest BCUT2D eigenvalue weighted by Crippen LogP contribution is 2.51. The van der Waals surface area contributed by atoms with Gasteiger partial charge in [-0.05, 0) is 23.8 Å². The van der Waals surface area contributed by atoms with E-state index in [9.17, 15) is 37.5 Å². The van der Waals surface area contributed by atoms with Gasteiger partial charge in [0.05, 0.1) is 18.0 Å². The Kier molecular flexibility index (Phi) is 7.44. The van der Waals surface area contributed by atoms with Crippen LogP contribution in [-0.4, -0.2) is 103 Å². The zero-order valence-electron chi connectivity index (χ0n) is 20.9. The summed E-state index contributed by atoms with van der Waals surface area (Å²) in [6.45, 7) is 3.02. The van der Waals surface area contributed by atoms with Crippen molar-refractivity contribution in [3.05, 3.63) is 16.4 Å². The summed E-state index contributed by atoms with van der Waals surface area (Å²) >= 11 is 1.33. The number of aromatic nitrogens is 4. The maximum Gasteiger partial charge on any atom is 0.453 e. The van der Waals surface area contributed by atoms with Crippen LogP contribution in [-0.2, 0) is 31.9 Å². The van der Waals surface area contributed by atoms with Gasteiger partial charge in [0, 0.05) is 42.8 Å². The molecule has 4 heterocycles. The molecule has 0 radical (unpaired) electrons. The van der Waals surface area contributed by atoms with Crippen LogP contribution in [0.25, 0.3) is 0 Å². The Labute approximate surface area is 219 Å². The molecule has 0 bridgehead atoms. The zero-order chi connectivity index (χ0) is 28.1. The van der Waals surface area contributed by atoms with Crippen LogP contribution in [0.3, 0.4) is 0 Å². The van der Waals surface area contributed by atoms with Crippen molar-refractivity contribution in [2.75, 3.05) is 20.6 Å². The molecule has 1 aromatic rings. The number of likely N-dealkylation sites (N-methyl/N-ethyl adjacent to an activating group) is 1. The van der Waals surface area contributed by atoms with E-state index in [0.717, 1.165) is 0 Å². The normalized spacial score (nSPS) is 27.7. The van der Waals surface area contributed by atoms with Crippen LogP contribution in [0.15, 0.2) is 10.6 Å². The highest BCUT2D eigenvalue weighted by molar-refractivity contribution is 8.03. The van der Waals surface area contributed by atoms with Crippen molar-refractivity contribution < 1.29 is 37.5 Å². The average Bonchev–Trinajstić information content (AvgIpc) is 3.51.